The van der Waals surface area contributed by atoms with Crippen molar-refractivity contribution in [3.8, 4) is 0 Å². The van der Waals surface area contributed by atoms with E-state index in [0.29, 0.717) is 13.1 Å². The molecule has 0 saturated heterocycles. The number of hydrogen-bond acceptors (Lipinski definition) is 5. The lowest BCUT2D eigenvalue weighted by molar-refractivity contribution is 0.795. The molecule has 110 valence electrons. The Morgan fingerprint density at radius 3 is 2.95 bits per heavy atom. The number of thiazole rings is 2. The molecule has 6 nitrogen and oxygen atoms in total. The third kappa shape index (κ3) is 3.40. The van der Waals surface area contributed by atoms with Gasteiger partial charge in [0.25, 0.3) is 0 Å². The molecule has 0 spiro atoms. The SMILES string of the molecule is CN=C(NCc1cn2ccsc2n1)NCc1ncc(C)s1. The molecule has 0 aliphatic rings. The summed E-state index contributed by atoms with van der Waals surface area (Å²) in [5.74, 6) is 0.749. The lowest BCUT2D eigenvalue weighted by atomic mass is 10.5. The first-order valence-corrected chi connectivity index (χ1v) is 8.21. The predicted molar refractivity (Wildman–Crippen MR) is 87.0 cm³/mol. The van der Waals surface area contributed by atoms with Gasteiger partial charge in [-0.2, -0.15) is 0 Å². The van der Waals surface area contributed by atoms with Crippen molar-refractivity contribution in [3.63, 3.8) is 0 Å². The summed E-state index contributed by atoms with van der Waals surface area (Å²) in [7, 11) is 1.76. The van der Waals surface area contributed by atoms with E-state index in [0.717, 1.165) is 21.6 Å². The highest BCUT2D eigenvalue weighted by molar-refractivity contribution is 7.15. The summed E-state index contributed by atoms with van der Waals surface area (Å²) in [6, 6.07) is 0. The summed E-state index contributed by atoms with van der Waals surface area (Å²) in [4.78, 5) is 15.3. The van der Waals surface area contributed by atoms with Gasteiger partial charge in [-0.15, -0.1) is 22.7 Å². The fraction of sp³-hybridized carbons (Fsp3) is 0.308. The van der Waals surface area contributed by atoms with Gasteiger partial charge < -0.3 is 10.6 Å². The molecule has 0 saturated carbocycles. The van der Waals surface area contributed by atoms with E-state index in [1.54, 1.807) is 29.7 Å². The Morgan fingerprint density at radius 2 is 2.24 bits per heavy atom. The molecule has 0 aromatic carbocycles. The molecule has 21 heavy (non-hydrogen) atoms. The normalized spacial score (nSPS) is 12.0. The quantitative estimate of drug-likeness (QED) is 0.570. The van der Waals surface area contributed by atoms with E-state index < -0.39 is 0 Å². The second kappa shape index (κ2) is 6.23. The van der Waals surface area contributed by atoms with Gasteiger partial charge in [0.2, 0.25) is 0 Å². The molecule has 3 aromatic heterocycles. The molecule has 0 unspecified atom stereocenters. The van der Waals surface area contributed by atoms with E-state index in [4.69, 9.17) is 0 Å². The van der Waals surface area contributed by atoms with Gasteiger partial charge in [0.1, 0.15) is 5.01 Å². The molecule has 3 rings (SSSR count). The Labute approximate surface area is 130 Å². The maximum absolute atomic E-state index is 4.53. The highest BCUT2D eigenvalue weighted by Gasteiger charge is 2.05. The Bertz CT molecular complexity index is 725. The molecule has 3 heterocycles. The van der Waals surface area contributed by atoms with Crippen LogP contribution < -0.4 is 10.6 Å². The molecule has 0 amide bonds. The molecule has 2 N–H and O–H groups in total. The summed E-state index contributed by atoms with van der Waals surface area (Å²) in [5, 5.41) is 9.59. The van der Waals surface area contributed by atoms with Crippen molar-refractivity contribution < 1.29 is 0 Å². The number of aliphatic imine (C=N–C) groups is 1. The number of rotatable bonds is 4. The van der Waals surface area contributed by atoms with Crippen LogP contribution in [0.2, 0.25) is 0 Å². The molecule has 8 heteroatoms. The maximum atomic E-state index is 4.53. The summed E-state index contributed by atoms with van der Waals surface area (Å²) in [6.07, 6.45) is 5.92. The Morgan fingerprint density at radius 1 is 1.38 bits per heavy atom. The van der Waals surface area contributed by atoms with Crippen LogP contribution in [0.4, 0.5) is 0 Å². The Kier molecular flexibility index (Phi) is 4.16. The number of nitrogens with one attached hydrogen (secondary N) is 2. The first-order chi connectivity index (χ1) is 10.2. The van der Waals surface area contributed by atoms with Crippen LogP contribution in [0, 0.1) is 6.92 Å². The molecule has 0 atom stereocenters. The molecule has 0 aliphatic carbocycles. The lowest BCUT2D eigenvalue weighted by Crippen LogP contribution is -2.36. The van der Waals surface area contributed by atoms with E-state index in [-0.39, 0.29) is 0 Å². The van der Waals surface area contributed by atoms with E-state index in [2.05, 4.69) is 32.5 Å². The smallest absolute Gasteiger partial charge is 0.193 e. The Hall–Kier alpha value is -1.93. The summed E-state index contributed by atoms with van der Waals surface area (Å²) >= 11 is 3.32. The molecule has 3 aromatic rings. The number of guanidine groups is 1. The van der Waals surface area contributed by atoms with E-state index in [1.165, 1.54) is 4.88 Å². The van der Waals surface area contributed by atoms with Gasteiger partial charge in [-0.05, 0) is 6.92 Å². The van der Waals surface area contributed by atoms with Gasteiger partial charge >= 0.3 is 0 Å². The van der Waals surface area contributed by atoms with Crippen molar-refractivity contribution in [2.45, 2.75) is 20.0 Å². The van der Waals surface area contributed by atoms with Gasteiger partial charge in [0, 0.05) is 35.9 Å². The molecular formula is C13H16N6S2. The standard InChI is InChI=1S/C13H16N6S2/c1-9-5-15-11(21-9)7-17-12(14-2)16-6-10-8-19-3-4-20-13(19)18-10/h3-5,8H,6-7H2,1-2H3,(H2,14,16,17). The van der Waals surface area contributed by atoms with Crippen molar-refractivity contribution >= 4 is 33.6 Å². The van der Waals surface area contributed by atoms with Crippen LogP contribution in [0.15, 0.2) is 29.0 Å². The van der Waals surface area contributed by atoms with E-state index in [1.807, 2.05) is 28.4 Å². The van der Waals surface area contributed by atoms with Crippen LogP contribution in [0.25, 0.3) is 4.96 Å². The number of aryl methyl sites for hydroxylation is 1. The van der Waals surface area contributed by atoms with Crippen LogP contribution in [-0.4, -0.2) is 27.4 Å². The van der Waals surface area contributed by atoms with Crippen molar-refractivity contribution in [2.24, 2.45) is 4.99 Å². The maximum Gasteiger partial charge on any atom is 0.193 e. The number of imidazole rings is 1. The van der Waals surface area contributed by atoms with Gasteiger partial charge in [0.15, 0.2) is 10.9 Å². The minimum Gasteiger partial charge on any atom is -0.351 e. The number of hydrogen-bond donors (Lipinski definition) is 2. The van der Waals surface area contributed by atoms with Crippen molar-refractivity contribution in [3.05, 3.63) is 39.5 Å². The third-order valence-electron chi connectivity index (χ3n) is 2.88. The monoisotopic (exact) mass is 320 g/mol. The van der Waals surface area contributed by atoms with Crippen LogP contribution in [0.3, 0.4) is 0 Å². The first kappa shape index (κ1) is 14.0. The minimum atomic E-state index is 0.644. The second-order valence-electron chi connectivity index (χ2n) is 4.47. The van der Waals surface area contributed by atoms with Crippen molar-refractivity contribution in [1.82, 2.24) is 25.0 Å². The van der Waals surface area contributed by atoms with Crippen molar-refractivity contribution in [1.29, 1.82) is 0 Å². The Balaban J connectivity index is 1.53. The first-order valence-electron chi connectivity index (χ1n) is 6.51. The largest absolute Gasteiger partial charge is 0.351 e. The zero-order valence-corrected chi connectivity index (χ0v) is 13.5. The number of fused-ring (bicyclic) bond motifs is 1. The lowest BCUT2D eigenvalue weighted by Gasteiger charge is -2.09. The van der Waals surface area contributed by atoms with Gasteiger partial charge in [0.05, 0.1) is 18.8 Å². The van der Waals surface area contributed by atoms with E-state index >= 15 is 0 Å². The molecule has 0 fully saturated rings. The second-order valence-corrected chi connectivity index (χ2v) is 6.66. The van der Waals surface area contributed by atoms with Crippen LogP contribution in [-0.2, 0) is 13.1 Å². The van der Waals surface area contributed by atoms with E-state index in [9.17, 15) is 0 Å². The average Bonchev–Trinajstić information content (AvgIpc) is 3.15. The van der Waals surface area contributed by atoms with Crippen LogP contribution >= 0.6 is 22.7 Å². The van der Waals surface area contributed by atoms with Crippen LogP contribution in [0.1, 0.15) is 15.6 Å². The molecule has 0 radical (unpaired) electrons. The molecule has 0 bridgehead atoms. The summed E-state index contributed by atoms with van der Waals surface area (Å²) in [5.41, 5.74) is 0.995. The summed E-state index contributed by atoms with van der Waals surface area (Å²) < 4.78 is 2.02. The summed E-state index contributed by atoms with van der Waals surface area (Å²) in [6.45, 7) is 3.38. The highest BCUT2D eigenvalue weighted by atomic mass is 32.1. The fourth-order valence-electron chi connectivity index (χ4n) is 1.90. The fourth-order valence-corrected chi connectivity index (χ4v) is 3.34. The predicted octanol–water partition coefficient (Wildman–Crippen LogP) is 2.03. The number of nitrogens with zero attached hydrogens (tertiary/aromatic N) is 4. The van der Waals surface area contributed by atoms with Crippen molar-refractivity contribution in [2.75, 3.05) is 7.05 Å². The molecular weight excluding hydrogens is 304 g/mol. The molecule has 0 aliphatic heterocycles. The topological polar surface area (TPSA) is 66.6 Å². The van der Waals surface area contributed by atoms with Gasteiger partial charge in [-0.1, -0.05) is 0 Å². The van der Waals surface area contributed by atoms with Gasteiger partial charge in [-0.25, -0.2) is 9.97 Å². The zero-order chi connectivity index (χ0) is 14.7. The highest BCUT2D eigenvalue weighted by Crippen LogP contribution is 2.11. The third-order valence-corrected chi connectivity index (χ3v) is 4.56. The number of aromatic nitrogens is 3. The average molecular weight is 320 g/mol. The zero-order valence-electron chi connectivity index (χ0n) is 11.8. The minimum absolute atomic E-state index is 0.644. The van der Waals surface area contributed by atoms with Crippen LogP contribution in [0.5, 0.6) is 0 Å². The van der Waals surface area contributed by atoms with Gasteiger partial charge in [-0.3, -0.25) is 9.39 Å².